The highest BCUT2D eigenvalue weighted by Crippen LogP contribution is 2.23. The summed E-state index contributed by atoms with van der Waals surface area (Å²) in [6.07, 6.45) is 1.57. The predicted octanol–water partition coefficient (Wildman–Crippen LogP) is 5.85. The fourth-order valence-electron chi connectivity index (χ4n) is 2.85. The first-order valence-electron chi connectivity index (χ1n) is 9.38. The molecule has 30 heavy (non-hydrogen) atoms. The van der Waals surface area contributed by atoms with E-state index in [0.29, 0.717) is 12.2 Å². The van der Waals surface area contributed by atoms with Crippen LogP contribution in [0.25, 0.3) is 11.0 Å². The summed E-state index contributed by atoms with van der Waals surface area (Å²) in [7, 11) is 0. The molecule has 1 N–H and O–H groups in total. The zero-order valence-electron chi connectivity index (χ0n) is 16.3. The highest BCUT2D eigenvalue weighted by atomic mass is 79.9. The fourth-order valence-corrected chi connectivity index (χ4v) is 3.23. The molecular formula is C24H19BrN2O3. The molecule has 5 nitrogen and oxygen atoms in total. The van der Waals surface area contributed by atoms with E-state index in [0.717, 1.165) is 26.7 Å². The molecule has 1 amide bonds. The number of fused-ring (bicyclic) bond motifs is 1. The number of benzene rings is 3. The van der Waals surface area contributed by atoms with Gasteiger partial charge in [0.2, 0.25) is 0 Å². The zero-order valence-corrected chi connectivity index (χ0v) is 17.8. The molecule has 6 heteroatoms. The molecule has 1 aromatic heterocycles. The minimum absolute atomic E-state index is 0.208. The zero-order chi connectivity index (χ0) is 20.9. The third-order valence-corrected chi connectivity index (χ3v) is 4.98. The molecule has 0 aliphatic rings. The van der Waals surface area contributed by atoms with Crippen molar-refractivity contribution in [3.8, 4) is 5.75 Å². The van der Waals surface area contributed by atoms with Crippen molar-refractivity contribution in [3.05, 3.63) is 99.7 Å². The van der Waals surface area contributed by atoms with Crippen LogP contribution in [0, 0.1) is 6.92 Å². The lowest BCUT2D eigenvalue weighted by atomic mass is 10.2. The molecule has 0 radical (unpaired) electrons. The number of furan rings is 1. The molecular weight excluding hydrogens is 444 g/mol. The number of aryl methyl sites for hydroxylation is 1. The first-order chi connectivity index (χ1) is 14.6. The van der Waals surface area contributed by atoms with Crippen LogP contribution in [-0.2, 0) is 6.61 Å². The van der Waals surface area contributed by atoms with E-state index in [9.17, 15) is 4.79 Å². The number of halogens is 1. The maximum absolute atomic E-state index is 12.2. The first kappa shape index (κ1) is 19.9. The maximum atomic E-state index is 12.2. The monoisotopic (exact) mass is 462 g/mol. The van der Waals surface area contributed by atoms with Crippen molar-refractivity contribution in [3.63, 3.8) is 0 Å². The normalized spacial score (nSPS) is 11.1. The van der Waals surface area contributed by atoms with Gasteiger partial charge in [-0.1, -0.05) is 45.8 Å². The first-order valence-corrected chi connectivity index (χ1v) is 10.2. The van der Waals surface area contributed by atoms with Crippen LogP contribution < -0.4 is 10.2 Å². The van der Waals surface area contributed by atoms with Crippen molar-refractivity contribution in [2.75, 3.05) is 0 Å². The standard InChI is InChI=1S/C24H19BrN2O3/c1-16-2-4-18(5-3-16)15-29-21-9-6-17(7-10-21)14-26-27-24(28)23-13-19-12-20(25)8-11-22(19)30-23/h2-14H,15H2,1H3,(H,27,28)/b26-14+. The molecule has 4 aromatic rings. The Balaban J connectivity index is 1.32. The summed E-state index contributed by atoms with van der Waals surface area (Å²) < 4.78 is 12.3. The molecule has 0 bridgehead atoms. The Kier molecular flexibility index (Phi) is 5.95. The lowest BCUT2D eigenvalue weighted by Gasteiger charge is -2.06. The van der Waals surface area contributed by atoms with Gasteiger partial charge in [-0.2, -0.15) is 5.10 Å². The topological polar surface area (TPSA) is 63.8 Å². The number of amides is 1. The van der Waals surface area contributed by atoms with Gasteiger partial charge in [-0.15, -0.1) is 0 Å². The Labute approximate surface area is 182 Å². The minimum atomic E-state index is -0.406. The van der Waals surface area contributed by atoms with E-state index in [4.69, 9.17) is 9.15 Å². The Morgan fingerprint density at radius 1 is 1.07 bits per heavy atom. The Bertz CT molecular complexity index is 1200. The largest absolute Gasteiger partial charge is 0.489 e. The third-order valence-electron chi connectivity index (χ3n) is 4.49. The van der Waals surface area contributed by atoms with E-state index in [-0.39, 0.29) is 5.76 Å². The Morgan fingerprint density at radius 3 is 2.60 bits per heavy atom. The SMILES string of the molecule is Cc1ccc(COc2ccc(/C=N/NC(=O)c3cc4cc(Br)ccc4o3)cc2)cc1. The van der Waals surface area contributed by atoms with Gasteiger partial charge in [0.25, 0.3) is 0 Å². The van der Waals surface area contributed by atoms with Crippen molar-refractivity contribution in [1.82, 2.24) is 5.43 Å². The third kappa shape index (κ3) is 4.96. The number of nitrogens with zero attached hydrogens (tertiary/aromatic N) is 1. The van der Waals surface area contributed by atoms with E-state index in [1.165, 1.54) is 5.56 Å². The van der Waals surface area contributed by atoms with E-state index in [1.54, 1.807) is 12.3 Å². The summed E-state index contributed by atoms with van der Waals surface area (Å²) in [5.74, 6) is 0.571. The van der Waals surface area contributed by atoms with Gasteiger partial charge in [0.1, 0.15) is 17.9 Å². The molecule has 0 saturated carbocycles. The van der Waals surface area contributed by atoms with Gasteiger partial charge >= 0.3 is 5.91 Å². The van der Waals surface area contributed by atoms with Gasteiger partial charge in [-0.05, 0) is 66.6 Å². The second kappa shape index (κ2) is 8.97. The van der Waals surface area contributed by atoms with E-state index in [2.05, 4.69) is 57.6 Å². The molecule has 3 aromatic carbocycles. The summed E-state index contributed by atoms with van der Waals surface area (Å²) in [5, 5.41) is 4.85. The summed E-state index contributed by atoms with van der Waals surface area (Å²) in [6, 6.07) is 23.0. The predicted molar refractivity (Wildman–Crippen MR) is 121 cm³/mol. The van der Waals surface area contributed by atoms with Crippen LogP contribution in [0.4, 0.5) is 0 Å². The number of hydrogen-bond acceptors (Lipinski definition) is 4. The number of hydrogen-bond donors (Lipinski definition) is 1. The van der Waals surface area contributed by atoms with Crippen LogP contribution in [0.5, 0.6) is 5.75 Å². The number of ether oxygens (including phenoxy) is 1. The van der Waals surface area contributed by atoms with Gasteiger partial charge in [0.15, 0.2) is 5.76 Å². The smallest absolute Gasteiger partial charge is 0.307 e. The van der Waals surface area contributed by atoms with Crippen molar-refractivity contribution < 1.29 is 13.9 Å². The molecule has 1 heterocycles. The lowest BCUT2D eigenvalue weighted by molar-refractivity contribution is 0.0929. The second-order valence-electron chi connectivity index (χ2n) is 6.84. The van der Waals surface area contributed by atoms with Crippen LogP contribution >= 0.6 is 15.9 Å². The molecule has 0 saturated heterocycles. The van der Waals surface area contributed by atoms with Crippen molar-refractivity contribution in [2.24, 2.45) is 5.10 Å². The van der Waals surface area contributed by atoms with E-state index in [1.807, 2.05) is 42.5 Å². The molecule has 0 atom stereocenters. The quantitative estimate of drug-likeness (QED) is 0.288. The molecule has 0 aliphatic heterocycles. The Hall–Kier alpha value is -3.38. The molecule has 0 spiro atoms. The van der Waals surface area contributed by atoms with Crippen LogP contribution in [0.2, 0.25) is 0 Å². The van der Waals surface area contributed by atoms with Crippen LogP contribution in [-0.4, -0.2) is 12.1 Å². The van der Waals surface area contributed by atoms with Crippen LogP contribution in [0.3, 0.4) is 0 Å². The molecule has 0 unspecified atom stereocenters. The highest BCUT2D eigenvalue weighted by Gasteiger charge is 2.11. The van der Waals surface area contributed by atoms with Crippen LogP contribution in [0.1, 0.15) is 27.2 Å². The molecule has 0 fully saturated rings. The average Bonchev–Trinajstić information content (AvgIpc) is 3.17. The number of hydrazone groups is 1. The number of nitrogens with one attached hydrogen (secondary N) is 1. The van der Waals surface area contributed by atoms with Crippen molar-refractivity contribution in [1.29, 1.82) is 0 Å². The number of carbonyl (C=O) groups is 1. The number of carbonyl (C=O) groups excluding carboxylic acids is 1. The number of rotatable bonds is 6. The van der Waals surface area contributed by atoms with Gasteiger partial charge in [-0.25, -0.2) is 5.43 Å². The van der Waals surface area contributed by atoms with Gasteiger partial charge in [0.05, 0.1) is 6.21 Å². The van der Waals surface area contributed by atoms with E-state index < -0.39 is 5.91 Å². The minimum Gasteiger partial charge on any atom is -0.489 e. The van der Waals surface area contributed by atoms with E-state index >= 15 is 0 Å². The fraction of sp³-hybridized carbons (Fsp3) is 0.0833. The lowest BCUT2D eigenvalue weighted by Crippen LogP contribution is -2.16. The van der Waals surface area contributed by atoms with Crippen molar-refractivity contribution >= 4 is 39.0 Å². The summed E-state index contributed by atoms with van der Waals surface area (Å²) >= 11 is 3.40. The van der Waals surface area contributed by atoms with Crippen LogP contribution in [0.15, 0.2) is 86.8 Å². The summed E-state index contributed by atoms with van der Waals surface area (Å²) in [6.45, 7) is 2.57. The summed E-state index contributed by atoms with van der Waals surface area (Å²) in [4.78, 5) is 12.2. The molecule has 0 aliphatic carbocycles. The second-order valence-corrected chi connectivity index (χ2v) is 7.75. The Morgan fingerprint density at radius 2 is 1.83 bits per heavy atom. The average molecular weight is 463 g/mol. The van der Waals surface area contributed by atoms with Gasteiger partial charge in [-0.3, -0.25) is 4.79 Å². The van der Waals surface area contributed by atoms with Gasteiger partial charge in [0, 0.05) is 9.86 Å². The molecule has 150 valence electrons. The maximum Gasteiger partial charge on any atom is 0.307 e. The highest BCUT2D eigenvalue weighted by molar-refractivity contribution is 9.10. The molecule has 4 rings (SSSR count). The van der Waals surface area contributed by atoms with Crippen molar-refractivity contribution in [2.45, 2.75) is 13.5 Å². The summed E-state index contributed by atoms with van der Waals surface area (Å²) in [5.41, 5.74) is 6.31. The van der Waals surface area contributed by atoms with Gasteiger partial charge < -0.3 is 9.15 Å².